The third-order valence-corrected chi connectivity index (χ3v) is 8.84. The van der Waals surface area contributed by atoms with Crippen molar-refractivity contribution in [2.45, 2.75) is 45.2 Å². The average Bonchev–Trinajstić information content (AvgIpc) is 3.38. The van der Waals surface area contributed by atoms with Crippen molar-refractivity contribution in [3.8, 4) is 5.69 Å². The standard InChI is InChI=1S/C27H27N3O4S2/c1-14-10-11-18-20(12-14)36-24-22(18)25(32)30(17-8-6-5-7-9-17)27(29-24)35-13-19(31)23-15(2)21(16(3)28-23)26(33)34-4/h5-9,14,28H,10-13H2,1-4H3/t14-/m0/s1. The molecule has 1 aromatic carbocycles. The number of benzene rings is 1. The number of hydrogen-bond acceptors (Lipinski definition) is 7. The SMILES string of the molecule is COC(=O)c1c(C)[nH]c(C(=O)CSc2nc3sc4c(c3c(=O)n2-c2ccccc2)CC[C@H](C)C4)c1C. The molecule has 0 radical (unpaired) electrons. The van der Waals surface area contributed by atoms with Crippen LogP contribution in [0, 0.1) is 19.8 Å². The molecule has 0 amide bonds. The van der Waals surface area contributed by atoms with Crippen LogP contribution in [-0.4, -0.2) is 39.2 Å². The van der Waals surface area contributed by atoms with Crippen LogP contribution in [0.25, 0.3) is 15.9 Å². The molecule has 0 bridgehead atoms. The predicted molar refractivity (Wildman–Crippen MR) is 143 cm³/mol. The van der Waals surface area contributed by atoms with Gasteiger partial charge in [0.2, 0.25) is 0 Å². The second-order valence-corrected chi connectivity index (χ2v) is 11.3. The number of aromatic nitrogens is 3. The van der Waals surface area contributed by atoms with Crippen LogP contribution in [0.4, 0.5) is 0 Å². The summed E-state index contributed by atoms with van der Waals surface area (Å²) in [5.41, 5.74) is 3.67. The van der Waals surface area contributed by atoms with Crippen LogP contribution in [0.2, 0.25) is 0 Å². The third-order valence-electron chi connectivity index (χ3n) is 6.75. The van der Waals surface area contributed by atoms with Gasteiger partial charge >= 0.3 is 5.97 Å². The van der Waals surface area contributed by atoms with Gasteiger partial charge in [0, 0.05) is 10.6 Å². The minimum Gasteiger partial charge on any atom is -0.465 e. The molecule has 1 N–H and O–H groups in total. The van der Waals surface area contributed by atoms with E-state index in [4.69, 9.17) is 9.72 Å². The van der Waals surface area contributed by atoms with E-state index in [1.54, 1.807) is 29.8 Å². The zero-order valence-corrected chi connectivity index (χ0v) is 22.3. The van der Waals surface area contributed by atoms with E-state index in [1.165, 1.54) is 23.7 Å². The first-order valence-corrected chi connectivity index (χ1v) is 13.7. The molecular weight excluding hydrogens is 494 g/mol. The number of fused-ring (bicyclic) bond motifs is 3. The minimum absolute atomic E-state index is 0.0638. The van der Waals surface area contributed by atoms with E-state index in [0.29, 0.717) is 39.0 Å². The quantitative estimate of drug-likeness (QED) is 0.161. The minimum atomic E-state index is -0.478. The van der Waals surface area contributed by atoms with E-state index in [-0.39, 0.29) is 17.1 Å². The largest absolute Gasteiger partial charge is 0.465 e. The molecule has 186 valence electrons. The van der Waals surface area contributed by atoms with Gasteiger partial charge in [-0.1, -0.05) is 36.9 Å². The Balaban J connectivity index is 1.55. The number of methoxy groups -OCH3 is 1. The summed E-state index contributed by atoms with van der Waals surface area (Å²) in [4.78, 5) is 49.1. The van der Waals surface area contributed by atoms with Crippen LogP contribution in [0.3, 0.4) is 0 Å². The lowest BCUT2D eigenvalue weighted by Gasteiger charge is -2.17. The van der Waals surface area contributed by atoms with Crippen LogP contribution in [0.1, 0.15) is 55.9 Å². The van der Waals surface area contributed by atoms with Crippen molar-refractivity contribution < 1.29 is 14.3 Å². The number of aryl methyl sites for hydroxylation is 2. The zero-order chi connectivity index (χ0) is 25.6. The van der Waals surface area contributed by atoms with Crippen LogP contribution < -0.4 is 5.56 Å². The number of H-pyrrole nitrogens is 1. The zero-order valence-electron chi connectivity index (χ0n) is 20.6. The summed E-state index contributed by atoms with van der Waals surface area (Å²) in [5.74, 6) is 0.00244. The monoisotopic (exact) mass is 521 g/mol. The fourth-order valence-electron chi connectivity index (χ4n) is 4.91. The van der Waals surface area contributed by atoms with Crippen LogP contribution >= 0.6 is 23.1 Å². The molecule has 4 aromatic rings. The lowest BCUT2D eigenvalue weighted by atomic mass is 9.89. The van der Waals surface area contributed by atoms with E-state index < -0.39 is 5.97 Å². The maximum Gasteiger partial charge on any atom is 0.339 e. The fourth-order valence-corrected chi connectivity index (χ4v) is 7.22. The fraction of sp³-hybridized carbons (Fsp3) is 0.333. The van der Waals surface area contributed by atoms with Gasteiger partial charge in [-0.15, -0.1) is 11.3 Å². The van der Waals surface area contributed by atoms with Gasteiger partial charge in [-0.25, -0.2) is 9.78 Å². The van der Waals surface area contributed by atoms with E-state index in [1.807, 2.05) is 30.3 Å². The molecule has 1 aliphatic rings. The van der Waals surface area contributed by atoms with Gasteiger partial charge in [0.1, 0.15) is 4.83 Å². The summed E-state index contributed by atoms with van der Waals surface area (Å²) in [5, 5.41) is 1.19. The number of nitrogens with one attached hydrogen (secondary N) is 1. The maximum atomic E-state index is 13.9. The highest BCUT2D eigenvalue weighted by Crippen LogP contribution is 2.37. The number of Topliss-reactive ketones (excluding diaryl/α,β-unsaturated/α-hetero) is 1. The van der Waals surface area contributed by atoms with Gasteiger partial charge < -0.3 is 9.72 Å². The number of hydrogen-bond donors (Lipinski definition) is 1. The molecule has 0 fully saturated rings. The van der Waals surface area contributed by atoms with E-state index >= 15 is 0 Å². The van der Waals surface area contributed by atoms with Crippen molar-refractivity contribution in [1.29, 1.82) is 0 Å². The van der Waals surface area contributed by atoms with E-state index in [0.717, 1.165) is 35.3 Å². The molecule has 9 heteroatoms. The number of para-hydroxylation sites is 1. The van der Waals surface area contributed by atoms with Crippen LogP contribution in [0.15, 0.2) is 40.3 Å². The number of thioether (sulfide) groups is 1. The first-order valence-electron chi connectivity index (χ1n) is 11.9. The Kier molecular flexibility index (Phi) is 6.61. The second kappa shape index (κ2) is 9.71. The summed E-state index contributed by atoms with van der Waals surface area (Å²) in [7, 11) is 1.32. The van der Waals surface area contributed by atoms with Crippen molar-refractivity contribution in [3.05, 3.63) is 73.6 Å². The molecule has 3 heterocycles. The lowest BCUT2D eigenvalue weighted by molar-refractivity contribution is 0.0599. The number of esters is 1. The highest BCUT2D eigenvalue weighted by molar-refractivity contribution is 7.99. The molecule has 0 aliphatic heterocycles. The number of thiophene rings is 1. The first-order chi connectivity index (χ1) is 17.3. The number of rotatable bonds is 6. The van der Waals surface area contributed by atoms with Crippen LogP contribution in [0.5, 0.6) is 0 Å². The summed E-state index contributed by atoms with van der Waals surface area (Å²) >= 11 is 2.83. The Morgan fingerprint density at radius 3 is 2.72 bits per heavy atom. The molecule has 5 rings (SSSR count). The molecule has 1 aliphatic carbocycles. The highest BCUT2D eigenvalue weighted by atomic mass is 32.2. The molecule has 1 atom stereocenters. The highest BCUT2D eigenvalue weighted by Gasteiger charge is 2.26. The Bertz CT molecular complexity index is 1550. The van der Waals surface area contributed by atoms with Gasteiger partial charge in [-0.05, 0) is 62.3 Å². The van der Waals surface area contributed by atoms with Crippen LogP contribution in [-0.2, 0) is 17.6 Å². The average molecular weight is 522 g/mol. The van der Waals surface area contributed by atoms with Gasteiger partial charge in [-0.2, -0.15) is 0 Å². The molecule has 0 saturated heterocycles. The maximum absolute atomic E-state index is 13.9. The number of ether oxygens (including phenoxy) is 1. The molecule has 7 nitrogen and oxygen atoms in total. The van der Waals surface area contributed by atoms with Crippen molar-refractivity contribution >= 4 is 45.1 Å². The molecular formula is C27H27N3O4S2. The summed E-state index contributed by atoms with van der Waals surface area (Å²) < 4.78 is 6.48. The van der Waals surface area contributed by atoms with E-state index in [2.05, 4.69) is 11.9 Å². The Morgan fingerprint density at radius 1 is 1.25 bits per heavy atom. The topological polar surface area (TPSA) is 94.1 Å². The predicted octanol–water partition coefficient (Wildman–Crippen LogP) is 5.28. The Labute approximate surface area is 216 Å². The Morgan fingerprint density at radius 2 is 2.00 bits per heavy atom. The smallest absolute Gasteiger partial charge is 0.339 e. The number of ketones is 1. The number of aromatic amines is 1. The third kappa shape index (κ3) is 4.20. The van der Waals surface area contributed by atoms with Gasteiger partial charge in [0.05, 0.1) is 35.2 Å². The molecule has 36 heavy (non-hydrogen) atoms. The van der Waals surface area contributed by atoms with Crippen molar-refractivity contribution in [2.75, 3.05) is 12.9 Å². The van der Waals surface area contributed by atoms with Crippen molar-refractivity contribution in [1.82, 2.24) is 14.5 Å². The van der Waals surface area contributed by atoms with Crippen molar-refractivity contribution in [2.24, 2.45) is 5.92 Å². The molecule has 3 aromatic heterocycles. The number of carbonyl (C=O) groups excluding carboxylic acids is 2. The van der Waals surface area contributed by atoms with E-state index in [9.17, 15) is 14.4 Å². The van der Waals surface area contributed by atoms with Crippen molar-refractivity contribution in [3.63, 3.8) is 0 Å². The summed E-state index contributed by atoms with van der Waals surface area (Å²) in [6.07, 6.45) is 2.92. The molecule has 0 spiro atoms. The summed E-state index contributed by atoms with van der Waals surface area (Å²) in [6.45, 7) is 5.71. The van der Waals surface area contributed by atoms with Gasteiger partial charge in [0.15, 0.2) is 10.9 Å². The Hall–Kier alpha value is -3.17. The first kappa shape index (κ1) is 24.5. The second-order valence-electron chi connectivity index (χ2n) is 9.23. The number of nitrogens with zero attached hydrogens (tertiary/aromatic N) is 2. The lowest BCUT2D eigenvalue weighted by Crippen LogP contribution is -2.23. The van der Waals surface area contributed by atoms with Gasteiger partial charge in [-0.3, -0.25) is 14.2 Å². The molecule has 0 saturated carbocycles. The summed E-state index contributed by atoms with van der Waals surface area (Å²) in [6, 6.07) is 9.43. The van der Waals surface area contributed by atoms with Gasteiger partial charge in [0.25, 0.3) is 5.56 Å². The molecule has 0 unspecified atom stereocenters. The number of carbonyl (C=O) groups is 2. The normalized spacial score (nSPS) is 15.2.